The van der Waals surface area contributed by atoms with Gasteiger partial charge < -0.3 is 10.2 Å². The molecule has 8 heteroatoms. The van der Waals surface area contributed by atoms with E-state index in [0.29, 0.717) is 5.69 Å². The van der Waals surface area contributed by atoms with Gasteiger partial charge in [-0.1, -0.05) is 42.0 Å². The fraction of sp³-hybridized carbons (Fsp3) is 0.440. The number of hydrogen-bond acceptors (Lipinski definition) is 4. The minimum absolute atomic E-state index is 0.0849. The summed E-state index contributed by atoms with van der Waals surface area (Å²) in [4.78, 5) is 27.7. The molecule has 0 bridgehead atoms. The summed E-state index contributed by atoms with van der Waals surface area (Å²) >= 11 is 0. The molecule has 0 saturated heterocycles. The SMILES string of the molecule is Cc1cccc(CN(C(=O)CN(c2cc(C)ccc2C)S(C)(=O)=O)[C@@H](C)C(=O)NC(C)C)c1. The van der Waals surface area contributed by atoms with Crippen LogP contribution in [-0.4, -0.2) is 50.0 Å². The predicted molar refractivity (Wildman–Crippen MR) is 133 cm³/mol. The molecule has 0 aliphatic carbocycles. The second-order valence-electron chi connectivity index (χ2n) is 8.91. The van der Waals surface area contributed by atoms with Gasteiger partial charge in [-0.3, -0.25) is 13.9 Å². The molecule has 1 atom stereocenters. The molecule has 7 nitrogen and oxygen atoms in total. The Bertz CT molecular complexity index is 1110. The van der Waals surface area contributed by atoms with Crippen molar-refractivity contribution in [3.8, 4) is 0 Å². The molecule has 1 N–H and O–H groups in total. The van der Waals surface area contributed by atoms with Crippen LogP contribution in [-0.2, 0) is 26.2 Å². The van der Waals surface area contributed by atoms with Gasteiger partial charge in [-0.25, -0.2) is 8.42 Å². The van der Waals surface area contributed by atoms with Crippen molar-refractivity contribution in [1.82, 2.24) is 10.2 Å². The van der Waals surface area contributed by atoms with Crippen LogP contribution in [0.5, 0.6) is 0 Å². The van der Waals surface area contributed by atoms with E-state index in [1.807, 2.05) is 64.1 Å². The summed E-state index contributed by atoms with van der Waals surface area (Å²) in [5, 5.41) is 2.84. The minimum Gasteiger partial charge on any atom is -0.352 e. The average molecular weight is 474 g/mol. The summed E-state index contributed by atoms with van der Waals surface area (Å²) in [6, 6.07) is 12.3. The molecule has 0 spiro atoms. The van der Waals surface area contributed by atoms with Crippen molar-refractivity contribution in [2.75, 3.05) is 17.1 Å². The number of amides is 2. The highest BCUT2D eigenvalue weighted by molar-refractivity contribution is 7.92. The first-order valence-corrected chi connectivity index (χ1v) is 12.8. The highest BCUT2D eigenvalue weighted by Crippen LogP contribution is 2.24. The van der Waals surface area contributed by atoms with Crippen LogP contribution in [0.25, 0.3) is 0 Å². The molecule has 180 valence electrons. The summed E-state index contributed by atoms with van der Waals surface area (Å²) in [5.41, 5.74) is 3.99. The van der Waals surface area contributed by atoms with Crippen LogP contribution in [0.3, 0.4) is 0 Å². The zero-order chi connectivity index (χ0) is 24.9. The number of benzene rings is 2. The average Bonchev–Trinajstić information content (AvgIpc) is 2.70. The minimum atomic E-state index is -3.75. The van der Waals surface area contributed by atoms with Crippen molar-refractivity contribution in [3.05, 3.63) is 64.7 Å². The van der Waals surface area contributed by atoms with Gasteiger partial charge in [0.1, 0.15) is 12.6 Å². The number of sulfonamides is 1. The maximum absolute atomic E-state index is 13.5. The van der Waals surface area contributed by atoms with E-state index < -0.39 is 28.5 Å². The van der Waals surface area contributed by atoms with E-state index in [4.69, 9.17) is 0 Å². The lowest BCUT2D eigenvalue weighted by Gasteiger charge is -2.32. The molecule has 0 fully saturated rings. The third kappa shape index (κ3) is 7.32. The third-order valence-corrected chi connectivity index (χ3v) is 6.47. The first-order valence-electron chi connectivity index (χ1n) is 11.0. The van der Waals surface area contributed by atoms with Crippen molar-refractivity contribution in [3.63, 3.8) is 0 Å². The van der Waals surface area contributed by atoms with Crippen LogP contribution in [0, 0.1) is 20.8 Å². The zero-order valence-electron chi connectivity index (χ0n) is 20.5. The van der Waals surface area contributed by atoms with Gasteiger partial charge in [0.05, 0.1) is 11.9 Å². The Balaban J connectivity index is 2.44. The van der Waals surface area contributed by atoms with Crippen LogP contribution in [0.4, 0.5) is 5.69 Å². The topological polar surface area (TPSA) is 86.8 Å². The van der Waals surface area contributed by atoms with Gasteiger partial charge in [0, 0.05) is 12.6 Å². The maximum atomic E-state index is 13.5. The Morgan fingerprint density at radius 3 is 2.18 bits per heavy atom. The largest absolute Gasteiger partial charge is 0.352 e. The summed E-state index contributed by atoms with van der Waals surface area (Å²) < 4.78 is 26.5. The fourth-order valence-electron chi connectivity index (χ4n) is 3.58. The molecule has 0 radical (unpaired) electrons. The summed E-state index contributed by atoms with van der Waals surface area (Å²) in [5.74, 6) is -0.738. The Morgan fingerprint density at radius 1 is 0.970 bits per heavy atom. The molecule has 0 aromatic heterocycles. The van der Waals surface area contributed by atoms with E-state index in [1.165, 1.54) is 4.90 Å². The molecule has 0 unspecified atom stereocenters. The molecule has 0 saturated carbocycles. The number of carbonyl (C=O) groups excluding carboxylic acids is 2. The third-order valence-electron chi connectivity index (χ3n) is 5.35. The van der Waals surface area contributed by atoms with Gasteiger partial charge in [0.2, 0.25) is 21.8 Å². The number of anilines is 1. The lowest BCUT2D eigenvalue weighted by atomic mass is 10.1. The number of nitrogens with one attached hydrogen (secondary N) is 1. The monoisotopic (exact) mass is 473 g/mol. The Hall–Kier alpha value is -2.87. The Labute approximate surface area is 197 Å². The van der Waals surface area contributed by atoms with Crippen LogP contribution in [0.1, 0.15) is 43.0 Å². The van der Waals surface area contributed by atoms with Crippen molar-refractivity contribution in [2.45, 2.75) is 60.2 Å². The first kappa shape index (κ1) is 26.4. The summed E-state index contributed by atoms with van der Waals surface area (Å²) in [6.07, 6.45) is 1.09. The highest BCUT2D eigenvalue weighted by atomic mass is 32.2. The molecule has 2 rings (SSSR count). The predicted octanol–water partition coefficient (Wildman–Crippen LogP) is 3.32. The Morgan fingerprint density at radius 2 is 1.61 bits per heavy atom. The molecular weight excluding hydrogens is 438 g/mol. The van der Waals surface area contributed by atoms with Crippen molar-refractivity contribution < 1.29 is 18.0 Å². The van der Waals surface area contributed by atoms with Crippen molar-refractivity contribution in [2.24, 2.45) is 0 Å². The van der Waals surface area contributed by atoms with Crippen LogP contribution in [0.2, 0.25) is 0 Å². The second-order valence-corrected chi connectivity index (χ2v) is 10.8. The molecular formula is C25H35N3O4S. The fourth-order valence-corrected chi connectivity index (χ4v) is 4.48. The summed E-state index contributed by atoms with van der Waals surface area (Å²) in [6.45, 7) is 10.8. The number of carbonyl (C=O) groups is 2. The van der Waals surface area contributed by atoms with E-state index in [9.17, 15) is 18.0 Å². The van der Waals surface area contributed by atoms with Gasteiger partial charge in [0.25, 0.3) is 0 Å². The van der Waals surface area contributed by atoms with Gasteiger partial charge in [-0.2, -0.15) is 0 Å². The lowest BCUT2D eigenvalue weighted by Crippen LogP contribution is -2.52. The second kappa shape index (κ2) is 10.8. The van der Waals surface area contributed by atoms with E-state index in [0.717, 1.165) is 32.8 Å². The lowest BCUT2D eigenvalue weighted by molar-refractivity contribution is -0.139. The maximum Gasteiger partial charge on any atom is 0.244 e. The summed E-state index contributed by atoms with van der Waals surface area (Å²) in [7, 11) is -3.75. The molecule has 2 aromatic rings. The van der Waals surface area contributed by atoms with Crippen LogP contribution in [0.15, 0.2) is 42.5 Å². The smallest absolute Gasteiger partial charge is 0.244 e. The van der Waals surface area contributed by atoms with E-state index in [2.05, 4.69) is 5.32 Å². The normalized spacial score (nSPS) is 12.4. The number of hydrogen-bond donors (Lipinski definition) is 1. The molecule has 2 amide bonds. The van der Waals surface area contributed by atoms with Crippen LogP contribution < -0.4 is 9.62 Å². The van der Waals surface area contributed by atoms with Gasteiger partial charge in [-0.15, -0.1) is 0 Å². The standard InChI is InChI=1S/C25H35N3O4S/c1-17(2)26-25(30)21(6)27(15-22-10-8-9-18(3)13-22)24(29)16-28(33(7,31)32)23-14-19(4)11-12-20(23)5/h8-14,17,21H,15-16H2,1-7H3,(H,26,30)/t21-/m0/s1. The molecule has 0 aliphatic heterocycles. The van der Waals surface area contributed by atoms with Crippen LogP contribution >= 0.6 is 0 Å². The van der Waals surface area contributed by atoms with E-state index >= 15 is 0 Å². The molecule has 2 aromatic carbocycles. The highest BCUT2D eigenvalue weighted by Gasteiger charge is 2.30. The quantitative estimate of drug-likeness (QED) is 0.605. The number of rotatable bonds is 9. The first-order chi connectivity index (χ1) is 15.3. The van der Waals surface area contributed by atoms with Gasteiger partial charge in [0.15, 0.2) is 0 Å². The zero-order valence-corrected chi connectivity index (χ0v) is 21.4. The number of nitrogens with zero attached hydrogens (tertiary/aromatic N) is 2. The molecule has 0 aliphatic rings. The van der Waals surface area contributed by atoms with E-state index in [-0.39, 0.29) is 18.5 Å². The number of aryl methyl sites for hydroxylation is 3. The van der Waals surface area contributed by atoms with Gasteiger partial charge in [-0.05, 0) is 64.3 Å². The Kier molecular flexibility index (Phi) is 8.66. The molecule has 0 heterocycles. The van der Waals surface area contributed by atoms with E-state index in [1.54, 1.807) is 19.9 Å². The van der Waals surface area contributed by atoms with Gasteiger partial charge >= 0.3 is 0 Å². The molecule has 33 heavy (non-hydrogen) atoms. The van der Waals surface area contributed by atoms with Crippen molar-refractivity contribution >= 4 is 27.5 Å². The van der Waals surface area contributed by atoms with Crippen molar-refractivity contribution in [1.29, 1.82) is 0 Å².